The number of carbonyl (C=O) groups is 2. The van der Waals surface area contributed by atoms with E-state index in [9.17, 15) is 9.18 Å². The second-order valence-corrected chi connectivity index (χ2v) is 17.3. The number of imidazole rings is 1. The molecule has 11 rings (SSSR count). The molecule has 9 heterocycles. The van der Waals surface area contributed by atoms with Crippen LogP contribution < -0.4 is 15.1 Å². The van der Waals surface area contributed by atoms with Gasteiger partial charge in [0.25, 0.3) is 0 Å². The number of nitrogens with one attached hydrogen (secondary N) is 1. The fourth-order valence-electron chi connectivity index (χ4n) is 10.6. The number of likely N-dealkylation sites (tertiary alicyclic amines) is 1. The molecule has 4 unspecified atom stereocenters. The SMILES string of the molecule is CCO[C@H]1CN(C)C(=O)[C@@H]2CC(CN2c2nc(N3C4COCC45CC(=O)N(C)CC35)nc3c2cnn3-c2ccc(F)cc2F)Nc2nccc(n2)-c2cc(F)cc3nc(C)n(c23)C1. The van der Waals surface area contributed by atoms with E-state index in [2.05, 4.69) is 20.3 Å². The maximum absolute atomic E-state index is 15.6. The molecule has 63 heavy (non-hydrogen) atoms. The van der Waals surface area contributed by atoms with Gasteiger partial charge in [-0.1, -0.05) is 0 Å². The number of carbonyl (C=O) groups excluding carboxylic acids is 2. The zero-order valence-corrected chi connectivity index (χ0v) is 35.0. The summed E-state index contributed by atoms with van der Waals surface area (Å²) < 4.78 is 60.6. The molecule has 17 nitrogen and oxygen atoms in total. The van der Waals surface area contributed by atoms with Gasteiger partial charge < -0.3 is 39.0 Å². The molecule has 2 amide bonds. The number of aryl methyl sites for hydroxylation is 1. The Hall–Kier alpha value is -6.41. The van der Waals surface area contributed by atoms with E-state index in [1.807, 2.05) is 23.3 Å². The third kappa shape index (κ3) is 6.19. The van der Waals surface area contributed by atoms with Gasteiger partial charge in [-0.15, -0.1) is 0 Å². The van der Waals surface area contributed by atoms with Crippen molar-refractivity contribution in [2.75, 3.05) is 68.7 Å². The van der Waals surface area contributed by atoms with Crippen LogP contribution in [0.25, 0.3) is 39.0 Å². The average molecular weight is 864 g/mol. The molecule has 4 bridgehead atoms. The molecule has 6 aromatic rings. The Balaban J connectivity index is 1.05. The summed E-state index contributed by atoms with van der Waals surface area (Å²) in [6.45, 7) is 6.12. The Labute approximate surface area is 358 Å². The topological polar surface area (TPSA) is 165 Å². The number of hydrogen-bond acceptors (Lipinski definition) is 13. The van der Waals surface area contributed by atoms with Crippen LogP contribution in [-0.4, -0.2) is 145 Å². The number of benzene rings is 2. The molecule has 5 aliphatic heterocycles. The van der Waals surface area contributed by atoms with Crippen LogP contribution in [0.3, 0.4) is 0 Å². The number of fused-ring (bicyclic) bond motifs is 6. The second-order valence-electron chi connectivity index (χ2n) is 17.3. The lowest BCUT2D eigenvalue weighted by atomic mass is 9.62. The van der Waals surface area contributed by atoms with Crippen LogP contribution >= 0.6 is 0 Å². The van der Waals surface area contributed by atoms with Crippen LogP contribution in [0.2, 0.25) is 0 Å². The summed E-state index contributed by atoms with van der Waals surface area (Å²) in [7, 11) is 3.52. The first-order valence-electron chi connectivity index (χ1n) is 21.1. The van der Waals surface area contributed by atoms with Gasteiger partial charge in [0.1, 0.15) is 35.0 Å². The molecule has 1 N–H and O–H groups in total. The number of aromatic nitrogens is 8. The van der Waals surface area contributed by atoms with Gasteiger partial charge >= 0.3 is 0 Å². The van der Waals surface area contributed by atoms with Crippen molar-refractivity contribution in [3.05, 3.63) is 72.1 Å². The lowest BCUT2D eigenvalue weighted by molar-refractivity contribution is -0.142. The third-order valence-corrected chi connectivity index (χ3v) is 13.5. The number of halogens is 3. The average Bonchev–Trinajstić information content (AvgIpc) is 4.02. The lowest BCUT2D eigenvalue weighted by Gasteiger charge is -2.62. The number of ether oxygens (including phenoxy) is 2. The highest BCUT2D eigenvalue weighted by Gasteiger charge is 2.67. The maximum Gasteiger partial charge on any atom is 0.245 e. The Morgan fingerprint density at radius 2 is 1.81 bits per heavy atom. The van der Waals surface area contributed by atoms with Crippen molar-refractivity contribution >= 4 is 51.6 Å². The highest BCUT2D eigenvalue weighted by atomic mass is 19.1. The van der Waals surface area contributed by atoms with Crippen molar-refractivity contribution in [3.63, 3.8) is 0 Å². The van der Waals surface area contributed by atoms with Gasteiger partial charge in [-0.3, -0.25) is 9.59 Å². The molecule has 0 radical (unpaired) electrons. The number of likely N-dealkylation sites (N-methyl/N-ethyl adjacent to an activating group) is 2. The molecule has 6 atom stereocenters. The lowest BCUT2D eigenvalue weighted by Crippen LogP contribution is -2.77. The van der Waals surface area contributed by atoms with Crippen molar-refractivity contribution in [1.82, 2.24) is 49.1 Å². The quantitative estimate of drug-likeness (QED) is 0.267. The van der Waals surface area contributed by atoms with E-state index in [0.29, 0.717) is 91.0 Å². The molecule has 20 heteroatoms. The summed E-state index contributed by atoms with van der Waals surface area (Å²) in [5.74, 6) is -0.569. The predicted molar refractivity (Wildman–Crippen MR) is 224 cm³/mol. The minimum atomic E-state index is -0.836. The van der Waals surface area contributed by atoms with Crippen LogP contribution in [0.5, 0.6) is 0 Å². The Kier molecular flexibility index (Phi) is 9.13. The molecule has 5 aliphatic rings. The van der Waals surface area contributed by atoms with Crippen molar-refractivity contribution in [2.24, 2.45) is 5.41 Å². The van der Waals surface area contributed by atoms with Gasteiger partial charge in [-0.2, -0.15) is 15.1 Å². The molecule has 1 spiro atoms. The number of rotatable bonds is 5. The minimum absolute atomic E-state index is 0.0206. The zero-order chi connectivity index (χ0) is 43.5. The van der Waals surface area contributed by atoms with E-state index < -0.39 is 41.1 Å². The first-order chi connectivity index (χ1) is 30.4. The summed E-state index contributed by atoms with van der Waals surface area (Å²) in [5.41, 5.74) is 2.00. The molecule has 326 valence electrons. The fourth-order valence-corrected chi connectivity index (χ4v) is 10.6. The highest BCUT2D eigenvalue weighted by Crippen LogP contribution is 2.55. The molecular weight excluding hydrogens is 820 g/mol. The predicted octanol–water partition coefficient (Wildman–Crippen LogP) is 3.72. The van der Waals surface area contributed by atoms with E-state index in [1.165, 1.54) is 29.1 Å². The third-order valence-electron chi connectivity index (χ3n) is 13.5. The summed E-state index contributed by atoms with van der Waals surface area (Å²) >= 11 is 0. The van der Waals surface area contributed by atoms with Gasteiger partial charge in [0.2, 0.25) is 23.7 Å². The van der Waals surface area contributed by atoms with Crippen LogP contribution in [0.15, 0.2) is 48.8 Å². The van der Waals surface area contributed by atoms with Crippen molar-refractivity contribution in [3.8, 4) is 16.9 Å². The Bertz CT molecular complexity index is 2860. The molecular formula is C43H44F3N13O4. The van der Waals surface area contributed by atoms with Gasteiger partial charge in [-0.05, 0) is 44.5 Å². The molecule has 0 aliphatic carbocycles. The molecule has 2 aromatic carbocycles. The number of nitrogens with zero attached hydrogens (tertiary/aromatic N) is 12. The van der Waals surface area contributed by atoms with Gasteiger partial charge in [-0.25, -0.2) is 32.8 Å². The van der Waals surface area contributed by atoms with E-state index >= 15 is 13.6 Å². The summed E-state index contributed by atoms with van der Waals surface area (Å²) in [6.07, 6.45) is 3.30. The number of anilines is 3. The van der Waals surface area contributed by atoms with Gasteiger partial charge in [0, 0.05) is 82.1 Å². The molecule has 0 saturated carbocycles. The Morgan fingerprint density at radius 1 is 0.952 bits per heavy atom. The van der Waals surface area contributed by atoms with Gasteiger partial charge in [0.05, 0.1) is 66.3 Å². The van der Waals surface area contributed by atoms with Crippen LogP contribution in [0.1, 0.15) is 25.6 Å². The van der Waals surface area contributed by atoms with Crippen LogP contribution in [0.4, 0.5) is 30.9 Å². The smallest absolute Gasteiger partial charge is 0.245 e. The Morgan fingerprint density at radius 3 is 2.63 bits per heavy atom. The fraction of sp³-hybridized carbons (Fsp3) is 0.442. The number of piperidine rings is 1. The van der Waals surface area contributed by atoms with E-state index in [0.717, 1.165) is 12.1 Å². The first kappa shape index (κ1) is 39.4. The number of hydrogen-bond donors (Lipinski definition) is 1. The van der Waals surface area contributed by atoms with Crippen molar-refractivity contribution < 1.29 is 32.2 Å². The summed E-state index contributed by atoms with van der Waals surface area (Å²) in [4.78, 5) is 59.8. The monoisotopic (exact) mass is 863 g/mol. The summed E-state index contributed by atoms with van der Waals surface area (Å²) in [6, 6.07) is 6.26. The normalized spacial score (nSPS) is 25.9. The zero-order valence-electron chi connectivity index (χ0n) is 35.0. The van der Waals surface area contributed by atoms with E-state index in [1.54, 1.807) is 36.2 Å². The highest BCUT2D eigenvalue weighted by molar-refractivity contribution is 5.94. The summed E-state index contributed by atoms with van der Waals surface area (Å²) in [5, 5.41) is 8.47. The van der Waals surface area contributed by atoms with Crippen LogP contribution in [-0.2, 0) is 25.6 Å². The van der Waals surface area contributed by atoms with Crippen LogP contribution in [0, 0.1) is 29.8 Å². The van der Waals surface area contributed by atoms with E-state index in [4.69, 9.17) is 29.4 Å². The largest absolute Gasteiger partial charge is 0.379 e. The maximum atomic E-state index is 15.6. The van der Waals surface area contributed by atoms with Crippen molar-refractivity contribution in [2.45, 2.75) is 63.5 Å². The molecule has 4 aromatic heterocycles. The molecule has 4 fully saturated rings. The molecule has 4 saturated heterocycles. The minimum Gasteiger partial charge on any atom is -0.379 e. The van der Waals surface area contributed by atoms with Crippen molar-refractivity contribution in [1.29, 1.82) is 0 Å². The second kappa shape index (κ2) is 14.6. The number of amides is 2. The standard InChI is InChI=1S/C43H44F3N13O4/c1-5-63-26-17-55(4)40(61)33-13-25(50-41-47-9-8-30(51-41)27-10-24(45)12-31-37(27)56(18-26)22(2)49-31)16-57(33)38-28-15-48-59(32-7-6-23(44)11-29(32)46)39(28)53-42(52-38)58-34-19-54(3)36(60)14-43(34)21-62-20-35(43)58/h6-12,15,25-26,33-35H,5,13-14,16-21H2,1-4H3,(H,47,50,51)/t25?,26-,33-,34?,35?,43?/m0/s1. The van der Waals surface area contributed by atoms with E-state index in [-0.39, 0.29) is 54.3 Å². The first-order valence-corrected chi connectivity index (χ1v) is 21.1. The van der Waals surface area contributed by atoms with Gasteiger partial charge in [0.15, 0.2) is 11.5 Å².